The number of phenolic OH excluding ortho intramolecular Hbond substituents is 1. The molecule has 0 saturated heterocycles. The van der Waals surface area contributed by atoms with E-state index in [1.807, 2.05) is 19.1 Å². The molecule has 0 amide bonds. The first-order valence-electron chi connectivity index (χ1n) is 4.83. The molecule has 2 aromatic rings. The van der Waals surface area contributed by atoms with Crippen LogP contribution < -0.4 is 0 Å². The van der Waals surface area contributed by atoms with Crippen molar-refractivity contribution in [2.24, 2.45) is 0 Å². The van der Waals surface area contributed by atoms with E-state index < -0.39 is 0 Å². The van der Waals surface area contributed by atoms with Crippen molar-refractivity contribution in [2.75, 3.05) is 0 Å². The molecule has 0 spiro atoms. The predicted octanol–water partition coefficient (Wildman–Crippen LogP) is 4.67. The Balaban J connectivity index is 2.66. The van der Waals surface area contributed by atoms with E-state index in [4.69, 9.17) is 23.2 Å². The summed E-state index contributed by atoms with van der Waals surface area (Å²) in [5.41, 5.74) is 2.51. The molecule has 2 aromatic carbocycles. The maximum atomic E-state index is 9.80. The van der Waals surface area contributed by atoms with Gasteiger partial charge in [-0.15, -0.1) is 0 Å². The molecule has 16 heavy (non-hydrogen) atoms. The summed E-state index contributed by atoms with van der Waals surface area (Å²) in [5, 5.41) is 11.0. The maximum absolute atomic E-state index is 9.80. The van der Waals surface area contributed by atoms with Crippen molar-refractivity contribution >= 4 is 23.2 Å². The van der Waals surface area contributed by atoms with Crippen LogP contribution >= 0.6 is 23.2 Å². The van der Waals surface area contributed by atoms with Crippen LogP contribution in [0.2, 0.25) is 10.0 Å². The molecule has 0 saturated carbocycles. The van der Waals surface area contributed by atoms with Crippen LogP contribution in [0.15, 0.2) is 36.4 Å². The van der Waals surface area contributed by atoms with Gasteiger partial charge in [-0.2, -0.15) is 0 Å². The molecule has 1 nitrogen and oxygen atoms in total. The lowest BCUT2D eigenvalue weighted by atomic mass is 10.0. The highest BCUT2D eigenvalue weighted by molar-refractivity contribution is 6.35. The summed E-state index contributed by atoms with van der Waals surface area (Å²) in [6.07, 6.45) is 0. The molecule has 2 rings (SSSR count). The van der Waals surface area contributed by atoms with Crippen LogP contribution in [0.1, 0.15) is 5.56 Å². The number of benzene rings is 2. The summed E-state index contributed by atoms with van der Waals surface area (Å²) < 4.78 is 0. The zero-order chi connectivity index (χ0) is 11.7. The van der Waals surface area contributed by atoms with Gasteiger partial charge in [0, 0.05) is 21.2 Å². The molecular weight excluding hydrogens is 243 g/mol. The van der Waals surface area contributed by atoms with E-state index in [2.05, 4.69) is 0 Å². The Morgan fingerprint density at radius 1 is 0.938 bits per heavy atom. The van der Waals surface area contributed by atoms with E-state index in [0.29, 0.717) is 15.6 Å². The van der Waals surface area contributed by atoms with Gasteiger partial charge in [0.2, 0.25) is 0 Å². The third-order valence-corrected chi connectivity index (χ3v) is 2.94. The van der Waals surface area contributed by atoms with Gasteiger partial charge >= 0.3 is 0 Å². The predicted molar refractivity (Wildman–Crippen MR) is 68.3 cm³/mol. The number of halogens is 2. The van der Waals surface area contributed by atoms with E-state index in [1.54, 1.807) is 24.3 Å². The van der Waals surface area contributed by atoms with Crippen molar-refractivity contribution in [2.45, 2.75) is 6.92 Å². The first kappa shape index (κ1) is 11.3. The lowest BCUT2D eigenvalue weighted by molar-refractivity contribution is 0.477. The molecule has 0 unspecified atom stereocenters. The van der Waals surface area contributed by atoms with Crippen LogP contribution in [0.3, 0.4) is 0 Å². The lowest BCUT2D eigenvalue weighted by Gasteiger charge is -2.08. The van der Waals surface area contributed by atoms with Crippen molar-refractivity contribution in [1.29, 1.82) is 0 Å². The second-order valence-electron chi connectivity index (χ2n) is 3.64. The number of rotatable bonds is 1. The third-order valence-electron chi connectivity index (χ3n) is 2.37. The highest BCUT2D eigenvalue weighted by atomic mass is 35.5. The highest BCUT2D eigenvalue weighted by Crippen LogP contribution is 2.36. The van der Waals surface area contributed by atoms with Crippen molar-refractivity contribution in [3.63, 3.8) is 0 Å². The van der Waals surface area contributed by atoms with Crippen molar-refractivity contribution in [3.8, 4) is 16.9 Å². The van der Waals surface area contributed by atoms with E-state index in [-0.39, 0.29) is 5.75 Å². The topological polar surface area (TPSA) is 20.2 Å². The molecule has 0 bridgehead atoms. The van der Waals surface area contributed by atoms with Crippen molar-refractivity contribution in [3.05, 3.63) is 52.0 Å². The Labute approximate surface area is 104 Å². The fourth-order valence-electron chi connectivity index (χ4n) is 1.57. The van der Waals surface area contributed by atoms with Gasteiger partial charge in [-0.25, -0.2) is 0 Å². The molecule has 0 aromatic heterocycles. The Morgan fingerprint density at radius 3 is 2.44 bits per heavy atom. The SMILES string of the molecule is Cc1ccc(O)c(-c2cc(Cl)ccc2Cl)c1. The van der Waals surface area contributed by atoms with Crippen LogP contribution in [0.25, 0.3) is 11.1 Å². The van der Waals surface area contributed by atoms with E-state index in [9.17, 15) is 5.11 Å². The van der Waals surface area contributed by atoms with Gasteiger partial charge in [-0.1, -0.05) is 34.8 Å². The van der Waals surface area contributed by atoms with Crippen molar-refractivity contribution in [1.82, 2.24) is 0 Å². The minimum Gasteiger partial charge on any atom is -0.507 e. The molecule has 0 aliphatic rings. The zero-order valence-electron chi connectivity index (χ0n) is 8.67. The van der Waals surface area contributed by atoms with Gasteiger partial charge in [0.1, 0.15) is 5.75 Å². The largest absolute Gasteiger partial charge is 0.507 e. The molecule has 1 N–H and O–H groups in total. The van der Waals surface area contributed by atoms with E-state index in [0.717, 1.165) is 11.1 Å². The van der Waals surface area contributed by atoms with E-state index >= 15 is 0 Å². The molecule has 82 valence electrons. The number of hydrogen-bond acceptors (Lipinski definition) is 1. The number of aryl methyl sites for hydroxylation is 1. The number of phenols is 1. The van der Waals surface area contributed by atoms with Gasteiger partial charge in [-0.3, -0.25) is 0 Å². The molecule has 0 atom stereocenters. The summed E-state index contributed by atoms with van der Waals surface area (Å²) in [6.45, 7) is 1.96. The summed E-state index contributed by atoms with van der Waals surface area (Å²) in [4.78, 5) is 0. The van der Waals surface area contributed by atoms with Crippen LogP contribution in [0, 0.1) is 6.92 Å². The minimum absolute atomic E-state index is 0.203. The highest BCUT2D eigenvalue weighted by Gasteiger charge is 2.09. The normalized spacial score (nSPS) is 10.4. The van der Waals surface area contributed by atoms with Crippen LogP contribution in [0.4, 0.5) is 0 Å². The summed E-state index contributed by atoms with van der Waals surface area (Å²) in [7, 11) is 0. The second kappa shape index (κ2) is 4.36. The number of aromatic hydroxyl groups is 1. The summed E-state index contributed by atoms with van der Waals surface area (Å²) >= 11 is 12.0. The molecule has 0 radical (unpaired) electrons. The monoisotopic (exact) mass is 252 g/mol. The molecule has 0 heterocycles. The number of hydrogen-bond donors (Lipinski definition) is 1. The van der Waals surface area contributed by atoms with Crippen LogP contribution in [-0.2, 0) is 0 Å². The Kier molecular flexibility index (Phi) is 3.08. The molecule has 0 fully saturated rings. The van der Waals surface area contributed by atoms with Crippen LogP contribution in [-0.4, -0.2) is 5.11 Å². The van der Waals surface area contributed by atoms with Crippen LogP contribution in [0.5, 0.6) is 5.75 Å². The molecule has 0 aliphatic heterocycles. The first-order valence-corrected chi connectivity index (χ1v) is 5.58. The summed E-state index contributed by atoms with van der Waals surface area (Å²) in [6, 6.07) is 10.6. The average molecular weight is 253 g/mol. The minimum atomic E-state index is 0.203. The zero-order valence-corrected chi connectivity index (χ0v) is 10.2. The van der Waals surface area contributed by atoms with Gasteiger partial charge in [-0.05, 0) is 37.3 Å². The molecular formula is C13H10Cl2O. The molecule has 0 aliphatic carbocycles. The van der Waals surface area contributed by atoms with Gasteiger partial charge < -0.3 is 5.11 Å². The standard InChI is InChI=1S/C13H10Cl2O/c1-8-2-5-13(16)11(6-8)10-7-9(14)3-4-12(10)15/h2-7,16H,1H3. The Bertz CT molecular complexity index is 486. The second-order valence-corrected chi connectivity index (χ2v) is 4.49. The maximum Gasteiger partial charge on any atom is 0.123 e. The average Bonchev–Trinajstić information content (AvgIpc) is 2.25. The van der Waals surface area contributed by atoms with Crippen molar-refractivity contribution < 1.29 is 5.11 Å². The third kappa shape index (κ3) is 2.16. The smallest absolute Gasteiger partial charge is 0.123 e. The first-order chi connectivity index (χ1) is 7.58. The fraction of sp³-hybridized carbons (Fsp3) is 0.0769. The van der Waals surface area contributed by atoms with E-state index in [1.165, 1.54) is 0 Å². The van der Waals surface area contributed by atoms with Gasteiger partial charge in [0.05, 0.1) is 0 Å². The Morgan fingerprint density at radius 2 is 1.69 bits per heavy atom. The van der Waals surface area contributed by atoms with Gasteiger partial charge in [0.15, 0.2) is 0 Å². The fourth-order valence-corrected chi connectivity index (χ4v) is 1.96. The van der Waals surface area contributed by atoms with Gasteiger partial charge in [0.25, 0.3) is 0 Å². The molecule has 3 heteroatoms. The quantitative estimate of drug-likeness (QED) is 0.782. The lowest BCUT2D eigenvalue weighted by Crippen LogP contribution is -1.83. The summed E-state index contributed by atoms with van der Waals surface area (Å²) in [5.74, 6) is 0.203. The Hall–Kier alpha value is -1.18.